The van der Waals surface area contributed by atoms with Gasteiger partial charge in [-0.25, -0.2) is 14.4 Å². The lowest BCUT2D eigenvalue weighted by Gasteiger charge is -2.08. The number of benzene rings is 2. The van der Waals surface area contributed by atoms with Crippen molar-refractivity contribution in [2.45, 2.75) is 20.4 Å². The van der Waals surface area contributed by atoms with Crippen LogP contribution >= 0.6 is 0 Å². The summed E-state index contributed by atoms with van der Waals surface area (Å²) in [6.07, 6.45) is 1.44. The number of aromatic nitrogens is 2. The number of hydrogen-bond donors (Lipinski definition) is 1. The Labute approximate surface area is 145 Å². The minimum Gasteiger partial charge on any atom is -0.346 e. The van der Waals surface area contributed by atoms with Gasteiger partial charge in [-0.3, -0.25) is 4.79 Å². The molecule has 0 aliphatic carbocycles. The molecule has 0 spiro atoms. The predicted octanol–water partition coefficient (Wildman–Crippen LogP) is 3.83. The summed E-state index contributed by atoms with van der Waals surface area (Å²) in [4.78, 5) is 20.7. The predicted molar refractivity (Wildman–Crippen MR) is 94.5 cm³/mol. The van der Waals surface area contributed by atoms with Crippen molar-refractivity contribution in [2.24, 2.45) is 0 Å². The van der Waals surface area contributed by atoms with Gasteiger partial charge in [0.05, 0.1) is 17.9 Å². The number of halogens is 1. The number of hydrogen-bond acceptors (Lipinski definition) is 3. The van der Waals surface area contributed by atoms with Crippen molar-refractivity contribution in [3.63, 3.8) is 0 Å². The van der Waals surface area contributed by atoms with Gasteiger partial charge in [0, 0.05) is 11.1 Å². The maximum atomic E-state index is 13.0. The lowest BCUT2D eigenvalue weighted by Crippen LogP contribution is -2.23. The molecule has 0 atom stereocenters. The maximum Gasteiger partial charge on any atom is 0.251 e. The van der Waals surface area contributed by atoms with Crippen LogP contribution in [0.25, 0.3) is 11.3 Å². The molecule has 0 fully saturated rings. The molecule has 5 heteroatoms. The zero-order valence-corrected chi connectivity index (χ0v) is 14.1. The van der Waals surface area contributed by atoms with Gasteiger partial charge in [-0.15, -0.1) is 0 Å². The van der Waals surface area contributed by atoms with Crippen molar-refractivity contribution in [1.82, 2.24) is 15.3 Å². The monoisotopic (exact) mass is 335 g/mol. The van der Waals surface area contributed by atoms with Gasteiger partial charge < -0.3 is 5.32 Å². The summed E-state index contributed by atoms with van der Waals surface area (Å²) in [5.41, 5.74) is 4.89. The molecule has 0 aliphatic heterocycles. The summed E-state index contributed by atoms with van der Waals surface area (Å²) in [5.74, 6) is -0.438. The van der Waals surface area contributed by atoms with Crippen LogP contribution in [0.3, 0.4) is 0 Å². The summed E-state index contributed by atoms with van der Waals surface area (Å²) in [7, 11) is 0. The normalized spacial score (nSPS) is 10.5. The van der Waals surface area contributed by atoms with Crippen LogP contribution in [-0.2, 0) is 6.54 Å². The summed E-state index contributed by atoms with van der Waals surface area (Å²) in [5, 5.41) is 2.87. The smallest absolute Gasteiger partial charge is 0.251 e. The third kappa shape index (κ3) is 4.26. The quantitative estimate of drug-likeness (QED) is 0.788. The van der Waals surface area contributed by atoms with Crippen LogP contribution in [0.5, 0.6) is 0 Å². The Hall–Kier alpha value is -3.08. The summed E-state index contributed by atoms with van der Waals surface area (Å²) in [6.45, 7) is 4.22. The zero-order valence-electron chi connectivity index (χ0n) is 14.1. The van der Waals surface area contributed by atoms with Crippen LogP contribution in [0.1, 0.15) is 27.2 Å². The molecule has 3 aromatic rings. The first-order valence-corrected chi connectivity index (χ1v) is 7.94. The largest absolute Gasteiger partial charge is 0.346 e. The topological polar surface area (TPSA) is 54.9 Å². The lowest BCUT2D eigenvalue weighted by molar-refractivity contribution is 0.0950. The molecule has 0 radical (unpaired) electrons. The van der Waals surface area contributed by atoms with Gasteiger partial charge >= 0.3 is 0 Å². The first-order chi connectivity index (χ1) is 12.0. The van der Waals surface area contributed by atoms with Crippen molar-refractivity contribution >= 4 is 5.91 Å². The van der Waals surface area contributed by atoms with Gasteiger partial charge in [-0.1, -0.05) is 17.2 Å². The number of carbonyl (C=O) groups excluding carboxylic acids is 1. The molecule has 1 aromatic heterocycles. The Morgan fingerprint density at radius 1 is 1.00 bits per heavy atom. The summed E-state index contributed by atoms with van der Waals surface area (Å²) >= 11 is 0. The van der Waals surface area contributed by atoms with Crippen molar-refractivity contribution in [1.29, 1.82) is 0 Å². The van der Waals surface area contributed by atoms with E-state index >= 15 is 0 Å². The molecule has 0 unspecified atom stereocenters. The first-order valence-electron chi connectivity index (χ1n) is 7.94. The van der Waals surface area contributed by atoms with Crippen LogP contribution < -0.4 is 5.32 Å². The van der Waals surface area contributed by atoms with Gasteiger partial charge in [-0.2, -0.15) is 0 Å². The molecule has 4 nitrogen and oxygen atoms in total. The highest BCUT2D eigenvalue weighted by Gasteiger charge is 2.08. The second-order valence-electron chi connectivity index (χ2n) is 5.96. The van der Waals surface area contributed by atoms with E-state index in [9.17, 15) is 9.18 Å². The second-order valence-corrected chi connectivity index (χ2v) is 5.96. The van der Waals surface area contributed by atoms with E-state index in [1.165, 1.54) is 18.5 Å². The van der Waals surface area contributed by atoms with E-state index in [1.807, 2.05) is 32.0 Å². The Morgan fingerprint density at radius 2 is 1.68 bits per heavy atom. The van der Waals surface area contributed by atoms with Crippen molar-refractivity contribution < 1.29 is 9.18 Å². The van der Waals surface area contributed by atoms with Gasteiger partial charge in [0.1, 0.15) is 12.1 Å². The van der Waals surface area contributed by atoms with E-state index in [1.54, 1.807) is 18.2 Å². The van der Waals surface area contributed by atoms with E-state index in [0.29, 0.717) is 23.5 Å². The van der Waals surface area contributed by atoms with Crippen molar-refractivity contribution in [3.05, 3.63) is 83.1 Å². The third-order valence-corrected chi connectivity index (χ3v) is 3.78. The van der Waals surface area contributed by atoms with Crippen LogP contribution in [0.4, 0.5) is 4.39 Å². The fraction of sp³-hybridized carbons (Fsp3) is 0.150. The number of nitrogens with one attached hydrogen (secondary N) is 1. The molecule has 0 aliphatic rings. The van der Waals surface area contributed by atoms with E-state index in [-0.39, 0.29) is 11.7 Å². The van der Waals surface area contributed by atoms with Crippen LogP contribution in [0.2, 0.25) is 0 Å². The molecule has 2 aromatic carbocycles. The molecule has 126 valence electrons. The Kier molecular flexibility index (Phi) is 4.84. The lowest BCUT2D eigenvalue weighted by atomic mass is 10.1. The Morgan fingerprint density at radius 3 is 2.36 bits per heavy atom. The Balaban J connectivity index is 1.72. The minimum absolute atomic E-state index is 0.145. The molecular weight excluding hydrogens is 317 g/mol. The molecule has 25 heavy (non-hydrogen) atoms. The summed E-state index contributed by atoms with van der Waals surface area (Å²) < 4.78 is 13.0. The number of amides is 1. The number of nitrogens with zero attached hydrogens (tertiary/aromatic N) is 2. The van der Waals surface area contributed by atoms with Gasteiger partial charge in [0.25, 0.3) is 5.91 Å². The molecule has 1 N–H and O–H groups in total. The van der Waals surface area contributed by atoms with E-state index in [4.69, 9.17) is 0 Å². The van der Waals surface area contributed by atoms with Gasteiger partial charge in [-0.05, 0) is 56.3 Å². The Bertz CT molecular complexity index is 887. The van der Waals surface area contributed by atoms with E-state index < -0.39 is 0 Å². The van der Waals surface area contributed by atoms with Gasteiger partial charge in [0.2, 0.25) is 0 Å². The standard InChI is InChI=1S/C20H18FN3O/c1-13-7-14(2)9-16(8-13)20(25)22-11-18-10-19(24-12-23-18)15-3-5-17(21)6-4-15/h3-10,12H,11H2,1-2H3,(H,22,25). The maximum absolute atomic E-state index is 13.0. The van der Waals surface area contributed by atoms with Crippen LogP contribution in [0.15, 0.2) is 54.9 Å². The fourth-order valence-corrected chi connectivity index (χ4v) is 2.65. The average molecular weight is 335 g/mol. The number of aryl methyl sites for hydroxylation is 2. The van der Waals surface area contributed by atoms with Crippen molar-refractivity contribution in [2.75, 3.05) is 0 Å². The van der Waals surface area contributed by atoms with Crippen LogP contribution in [-0.4, -0.2) is 15.9 Å². The molecule has 1 amide bonds. The molecular formula is C20H18FN3O. The van der Waals surface area contributed by atoms with E-state index in [0.717, 1.165) is 16.7 Å². The second kappa shape index (κ2) is 7.21. The minimum atomic E-state index is -0.293. The molecule has 0 saturated carbocycles. The van der Waals surface area contributed by atoms with E-state index in [2.05, 4.69) is 15.3 Å². The highest BCUT2D eigenvalue weighted by atomic mass is 19.1. The van der Waals surface area contributed by atoms with Gasteiger partial charge in [0.15, 0.2) is 0 Å². The molecule has 1 heterocycles. The average Bonchev–Trinajstić information content (AvgIpc) is 2.60. The molecule has 3 rings (SSSR count). The third-order valence-electron chi connectivity index (χ3n) is 3.78. The fourth-order valence-electron chi connectivity index (χ4n) is 2.65. The highest BCUT2D eigenvalue weighted by Crippen LogP contribution is 2.17. The van der Waals surface area contributed by atoms with Crippen LogP contribution in [0, 0.1) is 19.7 Å². The number of carbonyl (C=O) groups is 1. The molecule has 0 bridgehead atoms. The zero-order chi connectivity index (χ0) is 17.8. The van der Waals surface area contributed by atoms with Crippen molar-refractivity contribution in [3.8, 4) is 11.3 Å². The highest BCUT2D eigenvalue weighted by molar-refractivity contribution is 5.94. The first kappa shape index (κ1) is 16.8. The number of rotatable bonds is 4. The summed E-state index contributed by atoms with van der Waals surface area (Å²) in [6, 6.07) is 13.6. The SMILES string of the molecule is Cc1cc(C)cc(C(=O)NCc2cc(-c3ccc(F)cc3)ncn2)c1. The molecule has 0 saturated heterocycles.